The highest BCUT2D eigenvalue weighted by Crippen LogP contribution is 2.39. The lowest BCUT2D eigenvalue weighted by molar-refractivity contribution is -0.137. The summed E-state index contributed by atoms with van der Waals surface area (Å²) in [7, 11) is 1.72. The molecule has 0 aromatic heterocycles. The molecule has 3 unspecified atom stereocenters. The molecule has 3 atom stereocenters. The standard InChI is InChI=1S/C21H26ClN5O2/c1-6-12(2)26-13(3)14(4)27-17-18(23-20(26)27)24(5)21(29)25(19(17)28)11-15-7-9-16(22)10-8-15/h7-10,12,17-18H,6,11H2,1-5H3. The van der Waals surface area contributed by atoms with Crippen molar-refractivity contribution in [1.29, 1.82) is 0 Å². The maximum atomic E-state index is 13.5. The van der Waals surface area contributed by atoms with Gasteiger partial charge >= 0.3 is 6.03 Å². The monoisotopic (exact) mass is 415 g/mol. The van der Waals surface area contributed by atoms with Gasteiger partial charge in [0.1, 0.15) is 0 Å². The number of imide groups is 1. The van der Waals surface area contributed by atoms with Crippen LogP contribution < -0.4 is 0 Å². The molecule has 1 fully saturated rings. The van der Waals surface area contributed by atoms with Crippen molar-refractivity contribution in [1.82, 2.24) is 19.6 Å². The van der Waals surface area contributed by atoms with Crippen molar-refractivity contribution in [3.8, 4) is 0 Å². The Labute approximate surface area is 176 Å². The fourth-order valence-corrected chi connectivity index (χ4v) is 4.39. The first-order valence-electron chi connectivity index (χ1n) is 9.92. The number of halogens is 1. The molecule has 1 aromatic rings. The van der Waals surface area contributed by atoms with E-state index in [-0.39, 0.29) is 24.5 Å². The summed E-state index contributed by atoms with van der Waals surface area (Å²) in [6, 6.07) is 6.59. The maximum Gasteiger partial charge on any atom is 0.328 e. The minimum absolute atomic E-state index is 0.211. The van der Waals surface area contributed by atoms with Crippen LogP contribution in [0.3, 0.4) is 0 Å². The average molecular weight is 416 g/mol. The summed E-state index contributed by atoms with van der Waals surface area (Å²) in [4.78, 5) is 38.4. The predicted molar refractivity (Wildman–Crippen MR) is 112 cm³/mol. The second kappa shape index (κ2) is 7.06. The molecule has 8 heteroatoms. The smallest absolute Gasteiger partial charge is 0.312 e. The Morgan fingerprint density at radius 1 is 1.14 bits per heavy atom. The molecule has 1 saturated heterocycles. The van der Waals surface area contributed by atoms with Crippen LogP contribution >= 0.6 is 11.6 Å². The van der Waals surface area contributed by atoms with Gasteiger partial charge in [0.15, 0.2) is 12.2 Å². The van der Waals surface area contributed by atoms with Gasteiger partial charge in [-0.05, 0) is 44.9 Å². The number of nitrogens with zero attached hydrogens (tertiary/aromatic N) is 5. The summed E-state index contributed by atoms with van der Waals surface area (Å²) in [6.45, 7) is 8.57. The zero-order valence-corrected chi connectivity index (χ0v) is 18.1. The van der Waals surface area contributed by atoms with E-state index >= 15 is 0 Å². The Morgan fingerprint density at radius 2 is 1.79 bits per heavy atom. The van der Waals surface area contributed by atoms with Gasteiger partial charge in [0.25, 0.3) is 5.91 Å². The number of aliphatic imine (C=N–C) groups is 1. The van der Waals surface area contributed by atoms with Crippen LogP contribution in [0.5, 0.6) is 0 Å². The van der Waals surface area contributed by atoms with Crippen LogP contribution in [-0.4, -0.2) is 62.8 Å². The zero-order chi connectivity index (χ0) is 21.0. The molecule has 3 amide bonds. The van der Waals surface area contributed by atoms with E-state index in [1.807, 2.05) is 24.0 Å². The molecule has 0 aliphatic carbocycles. The number of carbonyl (C=O) groups excluding carboxylic acids is 2. The molecule has 0 radical (unpaired) electrons. The third kappa shape index (κ3) is 2.90. The first-order valence-corrected chi connectivity index (χ1v) is 10.3. The van der Waals surface area contributed by atoms with Crippen molar-refractivity contribution in [3.63, 3.8) is 0 Å². The Morgan fingerprint density at radius 3 is 2.41 bits per heavy atom. The SMILES string of the molecule is CCC(C)N1C2=NC3C(C(=O)N(Cc4ccc(Cl)cc4)C(=O)N3C)N2C(C)=C1C. The van der Waals surface area contributed by atoms with E-state index < -0.39 is 12.2 Å². The van der Waals surface area contributed by atoms with E-state index in [1.165, 1.54) is 4.90 Å². The molecule has 154 valence electrons. The maximum absolute atomic E-state index is 13.5. The lowest BCUT2D eigenvalue weighted by Gasteiger charge is -2.40. The van der Waals surface area contributed by atoms with Crippen molar-refractivity contribution in [2.45, 2.75) is 58.9 Å². The molecule has 3 heterocycles. The number of fused-ring (bicyclic) bond motifs is 3. The van der Waals surface area contributed by atoms with Gasteiger partial charge in [-0.2, -0.15) is 0 Å². The molecule has 3 aliphatic rings. The van der Waals surface area contributed by atoms with Crippen LogP contribution in [0, 0.1) is 0 Å². The molecule has 29 heavy (non-hydrogen) atoms. The first-order chi connectivity index (χ1) is 13.8. The Hall–Kier alpha value is -2.54. The molecule has 0 N–H and O–H groups in total. The number of amides is 3. The van der Waals surface area contributed by atoms with Crippen molar-refractivity contribution in [2.75, 3.05) is 7.05 Å². The lowest BCUT2D eigenvalue weighted by Crippen LogP contribution is -2.64. The number of guanidine groups is 1. The zero-order valence-electron chi connectivity index (χ0n) is 17.4. The Bertz CT molecular complexity index is 926. The van der Waals surface area contributed by atoms with E-state index in [0.717, 1.165) is 29.3 Å². The van der Waals surface area contributed by atoms with Gasteiger partial charge in [0.2, 0.25) is 5.96 Å². The van der Waals surface area contributed by atoms with Gasteiger partial charge in [-0.3, -0.25) is 14.6 Å². The van der Waals surface area contributed by atoms with Gasteiger partial charge in [0, 0.05) is 29.5 Å². The van der Waals surface area contributed by atoms with Gasteiger partial charge in [-0.15, -0.1) is 0 Å². The Balaban J connectivity index is 1.68. The number of benzene rings is 1. The van der Waals surface area contributed by atoms with Crippen molar-refractivity contribution < 1.29 is 9.59 Å². The van der Waals surface area contributed by atoms with E-state index in [2.05, 4.69) is 25.7 Å². The number of rotatable bonds is 4. The van der Waals surface area contributed by atoms with Gasteiger partial charge < -0.3 is 9.80 Å². The quantitative estimate of drug-likeness (QED) is 0.755. The van der Waals surface area contributed by atoms with Crippen LogP contribution in [0.4, 0.5) is 4.79 Å². The van der Waals surface area contributed by atoms with Gasteiger partial charge in [-0.25, -0.2) is 9.79 Å². The lowest BCUT2D eigenvalue weighted by atomic mass is 10.1. The summed E-state index contributed by atoms with van der Waals surface area (Å²) in [5, 5.41) is 0.620. The van der Waals surface area contributed by atoms with E-state index in [1.54, 1.807) is 24.1 Å². The number of allylic oxidation sites excluding steroid dienone is 2. The van der Waals surface area contributed by atoms with Crippen LogP contribution in [0.2, 0.25) is 5.02 Å². The third-order valence-electron chi connectivity index (χ3n) is 6.22. The highest BCUT2D eigenvalue weighted by Gasteiger charge is 2.56. The minimum Gasteiger partial charge on any atom is -0.312 e. The summed E-state index contributed by atoms with van der Waals surface area (Å²) >= 11 is 5.96. The van der Waals surface area contributed by atoms with Crippen molar-refractivity contribution in [3.05, 3.63) is 46.2 Å². The third-order valence-corrected chi connectivity index (χ3v) is 6.47. The average Bonchev–Trinajstić information content (AvgIpc) is 3.20. The molecule has 0 spiro atoms. The molecule has 0 bridgehead atoms. The summed E-state index contributed by atoms with van der Waals surface area (Å²) in [5.41, 5.74) is 2.97. The van der Waals surface area contributed by atoms with Crippen molar-refractivity contribution in [2.24, 2.45) is 4.99 Å². The molecular formula is C21H26ClN5O2. The number of urea groups is 1. The second-order valence-electron chi connectivity index (χ2n) is 7.90. The number of likely N-dealkylation sites (N-methyl/N-ethyl adjacent to an activating group) is 1. The normalized spacial score (nSPS) is 25.0. The second-order valence-corrected chi connectivity index (χ2v) is 8.34. The molecule has 7 nitrogen and oxygen atoms in total. The molecule has 1 aromatic carbocycles. The van der Waals surface area contributed by atoms with Gasteiger partial charge in [-0.1, -0.05) is 30.7 Å². The first kappa shape index (κ1) is 19.8. The Kier molecular flexibility index (Phi) is 4.81. The summed E-state index contributed by atoms with van der Waals surface area (Å²) in [6.07, 6.45) is 0.444. The van der Waals surface area contributed by atoms with E-state index in [9.17, 15) is 9.59 Å². The summed E-state index contributed by atoms with van der Waals surface area (Å²) < 4.78 is 0. The van der Waals surface area contributed by atoms with E-state index in [0.29, 0.717) is 5.02 Å². The molecule has 0 saturated carbocycles. The van der Waals surface area contributed by atoms with Crippen LogP contribution in [-0.2, 0) is 11.3 Å². The van der Waals surface area contributed by atoms with E-state index in [4.69, 9.17) is 16.6 Å². The molecular weight excluding hydrogens is 390 g/mol. The van der Waals surface area contributed by atoms with Crippen LogP contribution in [0.1, 0.15) is 39.7 Å². The number of hydrogen-bond acceptors (Lipinski definition) is 5. The molecule has 4 rings (SSSR count). The topological polar surface area (TPSA) is 59.5 Å². The number of carbonyl (C=O) groups is 2. The summed E-state index contributed by atoms with van der Waals surface area (Å²) in [5.74, 6) is 0.552. The highest BCUT2D eigenvalue weighted by molar-refractivity contribution is 6.30. The number of hydrogen-bond donors (Lipinski definition) is 0. The predicted octanol–water partition coefficient (Wildman–Crippen LogP) is 3.47. The van der Waals surface area contributed by atoms with Crippen LogP contribution in [0.25, 0.3) is 0 Å². The molecule has 3 aliphatic heterocycles. The highest BCUT2D eigenvalue weighted by atomic mass is 35.5. The minimum atomic E-state index is -0.538. The van der Waals surface area contributed by atoms with Crippen LogP contribution in [0.15, 0.2) is 40.7 Å². The fourth-order valence-electron chi connectivity index (χ4n) is 4.27. The van der Waals surface area contributed by atoms with Gasteiger partial charge in [0.05, 0.1) is 6.54 Å². The fraction of sp³-hybridized carbons (Fsp3) is 0.476. The van der Waals surface area contributed by atoms with Crippen molar-refractivity contribution >= 4 is 29.5 Å². The largest absolute Gasteiger partial charge is 0.328 e.